The number of allylic oxidation sites excluding steroid dienone is 4. The zero-order chi connectivity index (χ0) is 25.1. The highest BCUT2D eigenvalue weighted by molar-refractivity contribution is 5.99. The Morgan fingerprint density at radius 2 is 1.94 bits per heavy atom. The maximum absolute atomic E-state index is 13.1. The van der Waals surface area contributed by atoms with Gasteiger partial charge in [-0.3, -0.25) is 0 Å². The van der Waals surface area contributed by atoms with Gasteiger partial charge in [-0.25, -0.2) is 9.59 Å². The minimum absolute atomic E-state index is 0.149. The van der Waals surface area contributed by atoms with E-state index in [-0.39, 0.29) is 11.7 Å². The first-order valence-electron chi connectivity index (χ1n) is 11.6. The number of carbonyl (C=O) groups is 2. The SMILES string of the molecule is C=C/C=C(\C=C/C)CN(C(=C)C)c1c(N)cccc1C(=O)OC(C)OC(=O)OC1CCCCC1. The third-order valence-electron chi connectivity index (χ3n) is 5.42. The summed E-state index contributed by atoms with van der Waals surface area (Å²) in [6.07, 6.45) is 10.2. The monoisotopic (exact) mass is 468 g/mol. The van der Waals surface area contributed by atoms with Crippen LogP contribution in [0.1, 0.15) is 63.2 Å². The lowest BCUT2D eigenvalue weighted by atomic mass is 9.98. The Morgan fingerprint density at radius 1 is 1.24 bits per heavy atom. The topological polar surface area (TPSA) is 91.1 Å². The molecule has 1 aromatic carbocycles. The minimum Gasteiger partial charge on any atom is -0.431 e. The third-order valence-corrected chi connectivity index (χ3v) is 5.42. The number of nitrogens with zero attached hydrogens (tertiary/aromatic N) is 1. The van der Waals surface area contributed by atoms with Gasteiger partial charge in [0, 0.05) is 19.2 Å². The van der Waals surface area contributed by atoms with Crippen LogP contribution in [0.25, 0.3) is 0 Å². The highest BCUT2D eigenvalue weighted by Crippen LogP contribution is 2.32. The lowest BCUT2D eigenvalue weighted by Gasteiger charge is -2.29. The fraction of sp³-hybridized carbons (Fsp3) is 0.407. The molecule has 1 atom stereocenters. The highest BCUT2D eigenvalue weighted by Gasteiger charge is 2.25. The van der Waals surface area contributed by atoms with E-state index in [1.54, 1.807) is 24.3 Å². The Morgan fingerprint density at radius 3 is 2.56 bits per heavy atom. The van der Waals surface area contributed by atoms with Crippen LogP contribution in [0.4, 0.5) is 16.2 Å². The maximum atomic E-state index is 13.1. The molecule has 0 aromatic heterocycles. The fourth-order valence-corrected chi connectivity index (χ4v) is 3.86. The summed E-state index contributed by atoms with van der Waals surface area (Å²) in [7, 11) is 0. The molecule has 1 saturated carbocycles. The molecule has 2 N–H and O–H groups in total. The van der Waals surface area contributed by atoms with Crippen LogP contribution < -0.4 is 10.6 Å². The maximum Gasteiger partial charge on any atom is 0.511 e. The largest absolute Gasteiger partial charge is 0.511 e. The van der Waals surface area contributed by atoms with Crippen LogP contribution in [0.2, 0.25) is 0 Å². The molecule has 0 spiro atoms. The van der Waals surface area contributed by atoms with Gasteiger partial charge in [-0.05, 0) is 57.2 Å². The molecule has 1 aliphatic rings. The number of rotatable bonds is 10. The second kappa shape index (κ2) is 13.3. The second-order valence-corrected chi connectivity index (χ2v) is 8.26. The van der Waals surface area contributed by atoms with Gasteiger partial charge in [-0.1, -0.05) is 49.9 Å². The molecule has 0 aliphatic heterocycles. The Kier molecular flexibility index (Phi) is 10.5. The van der Waals surface area contributed by atoms with Crippen molar-refractivity contribution in [3.05, 3.63) is 72.5 Å². The van der Waals surface area contributed by atoms with Crippen molar-refractivity contribution in [2.75, 3.05) is 17.2 Å². The molecule has 1 aromatic rings. The van der Waals surface area contributed by atoms with Crippen molar-refractivity contribution in [3.63, 3.8) is 0 Å². The summed E-state index contributed by atoms with van der Waals surface area (Å²) in [4.78, 5) is 27.0. The molecule has 1 fully saturated rings. The highest BCUT2D eigenvalue weighted by atomic mass is 16.8. The number of ether oxygens (including phenoxy) is 3. The lowest BCUT2D eigenvalue weighted by molar-refractivity contribution is -0.0914. The van der Waals surface area contributed by atoms with E-state index < -0.39 is 18.4 Å². The zero-order valence-electron chi connectivity index (χ0n) is 20.4. The van der Waals surface area contributed by atoms with Crippen LogP contribution >= 0.6 is 0 Å². The summed E-state index contributed by atoms with van der Waals surface area (Å²) in [5.41, 5.74) is 9.01. The van der Waals surface area contributed by atoms with Gasteiger partial charge in [0.25, 0.3) is 0 Å². The molecule has 0 bridgehead atoms. The molecule has 1 unspecified atom stereocenters. The van der Waals surface area contributed by atoms with E-state index in [0.717, 1.165) is 37.7 Å². The van der Waals surface area contributed by atoms with Gasteiger partial charge in [0.15, 0.2) is 0 Å². The van der Waals surface area contributed by atoms with Crippen LogP contribution in [-0.2, 0) is 14.2 Å². The molecule has 184 valence electrons. The Hall–Kier alpha value is -3.48. The van der Waals surface area contributed by atoms with Crippen LogP contribution in [0.15, 0.2) is 66.9 Å². The third kappa shape index (κ3) is 7.83. The molecule has 0 saturated heterocycles. The summed E-state index contributed by atoms with van der Waals surface area (Å²) < 4.78 is 15.9. The number of para-hydroxylation sites is 1. The van der Waals surface area contributed by atoms with E-state index in [4.69, 9.17) is 19.9 Å². The predicted molar refractivity (Wildman–Crippen MR) is 135 cm³/mol. The molecule has 34 heavy (non-hydrogen) atoms. The first-order chi connectivity index (χ1) is 16.3. The molecule has 7 nitrogen and oxygen atoms in total. The normalized spacial score (nSPS) is 15.4. The van der Waals surface area contributed by atoms with Crippen molar-refractivity contribution in [3.8, 4) is 0 Å². The number of carbonyl (C=O) groups excluding carboxylic acids is 2. The van der Waals surface area contributed by atoms with Crippen molar-refractivity contribution in [2.24, 2.45) is 0 Å². The van der Waals surface area contributed by atoms with Crippen LogP contribution in [0.3, 0.4) is 0 Å². The zero-order valence-corrected chi connectivity index (χ0v) is 20.4. The molecular weight excluding hydrogens is 432 g/mol. The van der Waals surface area contributed by atoms with E-state index in [9.17, 15) is 9.59 Å². The molecule has 0 amide bonds. The molecule has 7 heteroatoms. The quantitative estimate of drug-likeness (QED) is 0.187. The number of nitrogens with two attached hydrogens (primary N) is 1. The average Bonchev–Trinajstić information content (AvgIpc) is 2.78. The van der Waals surface area contributed by atoms with Gasteiger partial charge in [-0.2, -0.15) is 0 Å². The van der Waals surface area contributed by atoms with E-state index in [1.807, 2.05) is 37.0 Å². The van der Waals surface area contributed by atoms with Crippen molar-refractivity contribution >= 4 is 23.5 Å². The van der Waals surface area contributed by atoms with Crippen molar-refractivity contribution in [1.29, 1.82) is 0 Å². The standard InChI is InChI=1S/C27H36N2O5/c1-6-12-21(13-7-2)18-29(19(3)4)25-23(16-11-17-24(25)28)26(30)32-20(5)33-27(31)34-22-14-9-8-10-15-22/h6-7,11-13,16-17,20,22H,1,3,8-10,14-15,18,28H2,2,4-5H3/b13-7-,21-12+. The minimum atomic E-state index is -1.13. The number of anilines is 2. The van der Waals surface area contributed by atoms with Gasteiger partial charge in [-0.15, -0.1) is 0 Å². The summed E-state index contributed by atoms with van der Waals surface area (Å²) in [5.74, 6) is -0.674. The lowest BCUT2D eigenvalue weighted by Crippen LogP contribution is -2.29. The van der Waals surface area contributed by atoms with Gasteiger partial charge in [0.1, 0.15) is 6.10 Å². The number of benzene rings is 1. The second-order valence-electron chi connectivity index (χ2n) is 8.26. The van der Waals surface area contributed by atoms with Crippen molar-refractivity contribution in [1.82, 2.24) is 0 Å². The van der Waals surface area contributed by atoms with Crippen molar-refractivity contribution < 1.29 is 23.8 Å². The summed E-state index contributed by atoms with van der Waals surface area (Å²) >= 11 is 0. The van der Waals surface area contributed by atoms with Gasteiger partial charge in [0.2, 0.25) is 6.29 Å². The molecule has 1 aliphatic carbocycles. The Bertz CT molecular complexity index is 944. The molecule has 0 heterocycles. The van der Waals surface area contributed by atoms with E-state index in [2.05, 4.69) is 13.2 Å². The molecule has 0 radical (unpaired) electrons. The van der Waals surface area contributed by atoms with Gasteiger partial charge in [0.05, 0.1) is 16.9 Å². The number of hydrogen-bond donors (Lipinski definition) is 1. The number of hydrogen-bond acceptors (Lipinski definition) is 7. The van der Waals surface area contributed by atoms with E-state index >= 15 is 0 Å². The Balaban J connectivity index is 2.18. The van der Waals surface area contributed by atoms with E-state index in [1.165, 1.54) is 6.92 Å². The first kappa shape index (κ1) is 26.8. The summed E-state index contributed by atoms with van der Waals surface area (Å²) in [5, 5.41) is 0. The van der Waals surface area contributed by atoms with Crippen molar-refractivity contribution in [2.45, 2.75) is 65.3 Å². The summed E-state index contributed by atoms with van der Waals surface area (Å²) in [6, 6.07) is 4.99. The van der Waals surface area contributed by atoms with Crippen LogP contribution in [-0.4, -0.2) is 31.1 Å². The Labute approximate surface area is 202 Å². The molecule has 2 rings (SSSR count). The van der Waals surface area contributed by atoms with E-state index in [0.29, 0.717) is 23.6 Å². The van der Waals surface area contributed by atoms with Gasteiger partial charge >= 0.3 is 12.1 Å². The smallest absolute Gasteiger partial charge is 0.431 e. The molecular formula is C27H36N2O5. The predicted octanol–water partition coefficient (Wildman–Crippen LogP) is 6.29. The van der Waals surface area contributed by atoms with Crippen LogP contribution in [0, 0.1) is 0 Å². The van der Waals surface area contributed by atoms with Crippen LogP contribution in [0.5, 0.6) is 0 Å². The first-order valence-corrected chi connectivity index (χ1v) is 11.6. The summed E-state index contributed by atoms with van der Waals surface area (Å²) in [6.45, 7) is 13.5. The van der Waals surface area contributed by atoms with Gasteiger partial charge < -0.3 is 24.8 Å². The number of esters is 1. The number of nitrogen functional groups attached to an aromatic ring is 1. The fourth-order valence-electron chi connectivity index (χ4n) is 3.86. The average molecular weight is 469 g/mol.